The van der Waals surface area contributed by atoms with Crippen LogP contribution >= 0.6 is 39.1 Å². The van der Waals surface area contributed by atoms with Gasteiger partial charge >= 0.3 is 0 Å². The molecule has 0 aliphatic carbocycles. The zero-order chi connectivity index (χ0) is 9.14. The molecule has 12 heavy (non-hydrogen) atoms. The molecule has 0 unspecified atom stereocenters. The zero-order valence-corrected chi connectivity index (χ0v) is 9.12. The number of nitrogens with zero attached hydrogens (tertiary/aromatic N) is 2. The Morgan fingerprint density at radius 3 is 2.00 bits per heavy atom. The third kappa shape index (κ3) is 1.92. The summed E-state index contributed by atoms with van der Waals surface area (Å²) < 4.78 is 0. The molecular weight excluding hydrogens is 262 g/mol. The first-order chi connectivity index (χ1) is 5.70. The van der Waals surface area contributed by atoms with Gasteiger partial charge in [-0.3, -0.25) is 0 Å². The molecule has 0 atom stereocenters. The highest BCUT2D eigenvalue weighted by atomic mass is 79.9. The zero-order valence-electron chi connectivity index (χ0n) is 6.02. The van der Waals surface area contributed by atoms with Gasteiger partial charge in [-0.25, -0.2) is 0 Å². The third-order valence-electron chi connectivity index (χ3n) is 1.43. The van der Waals surface area contributed by atoms with Crippen molar-refractivity contribution in [3.63, 3.8) is 0 Å². The molecule has 1 rings (SSSR count). The van der Waals surface area contributed by atoms with Crippen LogP contribution < -0.4 is 0 Å². The van der Waals surface area contributed by atoms with Crippen LogP contribution in [0.1, 0.15) is 11.1 Å². The number of aromatic nitrogens is 2. The molecule has 0 amide bonds. The summed E-state index contributed by atoms with van der Waals surface area (Å²) >= 11 is 14.8. The molecule has 0 N–H and O–H groups in total. The summed E-state index contributed by atoms with van der Waals surface area (Å²) in [4.78, 5) is 0. The number of hydrogen-bond acceptors (Lipinski definition) is 2. The highest BCUT2D eigenvalue weighted by Crippen LogP contribution is 2.24. The van der Waals surface area contributed by atoms with Crippen molar-refractivity contribution in [2.24, 2.45) is 0 Å². The lowest BCUT2D eigenvalue weighted by atomic mass is 9.96. The highest BCUT2D eigenvalue weighted by molar-refractivity contribution is 9.08. The molecule has 62 valence electrons. The molecule has 2 nitrogen and oxygen atoms in total. The minimum atomic E-state index is 0.314. The van der Waals surface area contributed by atoms with E-state index in [2.05, 4.69) is 26.1 Å². The molecule has 6 heteroatoms. The van der Waals surface area contributed by atoms with E-state index in [1.165, 1.54) is 0 Å². The number of halogens is 3. The first-order valence-electron chi connectivity index (χ1n) is 3.16. The molecule has 1 aromatic rings. The lowest BCUT2D eigenvalue weighted by Gasteiger charge is -2.06. The first-order valence-corrected chi connectivity index (χ1v) is 5.04. The Morgan fingerprint density at radius 1 is 1.17 bits per heavy atom. The second kappa shape index (κ2) is 4.44. The molecule has 0 aromatic carbocycles. The topological polar surface area (TPSA) is 25.8 Å². The maximum atomic E-state index is 5.76. The van der Waals surface area contributed by atoms with Gasteiger partial charge in [0.25, 0.3) is 0 Å². The molecule has 2 radical (unpaired) electrons. The van der Waals surface area contributed by atoms with Crippen molar-refractivity contribution >= 4 is 47.0 Å². The van der Waals surface area contributed by atoms with E-state index in [1.54, 1.807) is 0 Å². The fraction of sp³-hybridized carbons (Fsp3) is 0.333. The fourth-order valence-corrected chi connectivity index (χ4v) is 2.01. The van der Waals surface area contributed by atoms with Crippen LogP contribution in [0.25, 0.3) is 0 Å². The van der Waals surface area contributed by atoms with Crippen molar-refractivity contribution < 1.29 is 0 Å². The van der Waals surface area contributed by atoms with Crippen LogP contribution in [-0.2, 0) is 11.7 Å². The third-order valence-corrected chi connectivity index (χ3v) is 2.59. The maximum Gasteiger partial charge on any atom is 0.156 e. The van der Waals surface area contributed by atoms with E-state index >= 15 is 0 Å². The summed E-state index contributed by atoms with van der Waals surface area (Å²) in [5.74, 6) is 0. The van der Waals surface area contributed by atoms with Gasteiger partial charge in [-0.2, -0.15) is 0 Å². The van der Waals surface area contributed by atoms with E-state index < -0.39 is 0 Å². The Kier molecular flexibility index (Phi) is 3.81. The van der Waals surface area contributed by atoms with Gasteiger partial charge in [-0.05, 0) is 5.56 Å². The summed E-state index contributed by atoms with van der Waals surface area (Å²) in [5, 5.41) is 8.53. The maximum absolute atomic E-state index is 5.76. The summed E-state index contributed by atoms with van der Waals surface area (Å²) in [7, 11) is 5.46. The Bertz CT molecular complexity index is 266. The van der Waals surface area contributed by atoms with Crippen molar-refractivity contribution in [2.75, 3.05) is 0 Å². The molecule has 1 heterocycles. The quantitative estimate of drug-likeness (QED) is 0.606. The smallest absolute Gasteiger partial charge is 0.137 e. The van der Waals surface area contributed by atoms with Gasteiger partial charge < -0.3 is 0 Å². The summed E-state index contributed by atoms with van der Waals surface area (Å²) in [5.41, 5.74) is 1.55. The molecule has 0 saturated carbocycles. The SMILES string of the molecule is [B]Cc1c(Cl)nnc(Cl)c1CBr. The summed E-state index contributed by atoms with van der Waals surface area (Å²) in [6, 6.07) is 0. The van der Waals surface area contributed by atoms with Crippen LogP contribution in [0.2, 0.25) is 10.3 Å². The molecule has 0 fully saturated rings. The van der Waals surface area contributed by atoms with Crippen molar-refractivity contribution in [3.05, 3.63) is 21.4 Å². The minimum Gasteiger partial charge on any atom is -0.137 e. The van der Waals surface area contributed by atoms with Gasteiger partial charge in [0.15, 0.2) is 10.3 Å². The Labute approximate surface area is 90.2 Å². The van der Waals surface area contributed by atoms with Crippen LogP contribution in [0.15, 0.2) is 0 Å². The second-order valence-corrected chi connectivity index (χ2v) is 3.35. The van der Waals surface area contributed by atoms with Crippen molar-refractivity contribution in [3.8, 4) is 0 Å². The van der Waals surface area contributed by atoms with Crippen LogP contribution in [0.4, 0.5) is 0 Å². The predicted molar refractivity (Wildman–Crippen MR) is 54.1 cm³/mol. The Balaban J connectivity index is 3.28. The van der Waals surface area contributed by atoms with E-state index in [0.29, 0.717) is 22.0 Å². The number of alkyl halides is 1. The van der Waals surface area contributed by atoms with Crippen LogP contribution in [0.3, 0.4) is 0 Å². The lowest BCUT2D eigenvalue weighted by Crippen LogP contribution is -1.99. The lowest BCUT2D eigenvalue weighted by molar-refractivity contribution is 0.988. The predicted octanol–water partition coefficient (Wildman–Crippen LogP) is 2.35. The standard InChI is InChI=1S/C6H4BBrCl2N2/c7-1-3-4(2-8)6(10)12-11-5(3)9/h1-2H2. The van der Waals surface area contributed by atoms with E-state index in [0.717, 1.165) is 11.1 Å². The molecular formula is C6H4BBrCl2N2. The largest absolute Gasteiger partial charge is 0.156 e. The van der Waals surface area contributed by atoms with Gasteiger partial charge in [-0.1, -0.05) is 45.5 Å². The van der Waals surface area contributed by atoms with Gasteiger partial charge in [0, 0.05) is 10.9 Å². The molecule has 0 spiro atoms. The summed E-state index contributed by atoms with van der Waals surface area (Å²) in [6.45, 7) is 0. The highest BCUT2D eigenvalue weighted by Gasteiger charge is 2.10. The Hall–Kier alpha value is 0.205. The minimum absolute atomic E-state index is 0.314. The molecule has 1 aromatic heterocycles. The molecule has 0 saturated heterocycles. The van der Waals surface area contributed by atoms with Crippen LogP contribution in [-0.4, -0.2) is 18.0 Å². The van der Waals surface area contributed by atoms with E-state index in [4.69, 9.17) is 31.0 Å². The fourth-order valence-electron chi connectivity index (χ4n) is 0.801. The van der Waals surface area contributed by atoms with Gasteiger partial charge in [0.05, 0.1) is 7.85 Å². The second-order valence-electron chi connectivity index (χ2n) is 2.08. The van der Waals surface area contributed by atoms with Gasteiger partial charge in [0.1, 0.15) is 0 Å². The average molecular weight is 266 g/mol. The summed E-state index contributed by atoms with van der Waals surface area (Å²) in [6.07, 6.45) is 0.314. The van der Waals surface area contributed by atoms with Gasteiger partial charge in [0.2, 0.25) is 0 Å². The van der Waals surface area contributed by atoms with E-state index in [-0.39, 0.29) is 0 Å². The van der Waals surface area contributed by atoms with Gasteiger partial charge in [-0.15, -0.1) is 10.2 Å². The van der Waals surface area contributed by atoms with Crippen molar-refractivity contribution in [1.29, 1.82) is 0 Å². The molecule has 0 aliphatic rings. The normalized spacial score (nSPS) is 10.2. The van der Waals surface area contributed by atoms with E-state index in [9.17, 15) is 0 Å². The number of hydrogen-bond donors (Lipinski definition) is 0. The molecule has 0 aliphatic heterocycles. The Morgan fingerprint density at radius 2 is 1.67 bits per heavy atom. The van der Waals surface area contributed by atoms with Crippen molar-refractivity contribution in [1.82, 2.24) is 10.2 Å². The average Bonchev–Trinajstić information content (AvgIpc) is 2.08. The number of rotatable bonds is 2. The monoisotopic (exact) mass is 264 g/mol. The van der Waals surface area contributed by atoms with Crippen LogP contribution in [0.5, 0.6) is 0 Å². The van der Waals surface area contributed by atoms with E-state index in [1.807, 2.05) is 0 Å². The first kappa shape index (κ1) is 10.3. The molecule has 0 bridgehead atoms. The van der Waals surface area contributed by atoms with Crippen molar-refractivity contribution in [2.45, 2.75) is 11.7 Å². The van der Waals surface area contributed by atoms with Crippen LogP contribution in [0, 0.1) is 0 Å².